The van der Waals surface area contributed by atoms with Crippen LogP contribution in [0.2, 0.25) is 0 Å². The van der Waals surface area contributed by atoms with E-state index in [9.17, 15) is 30.9 Å². The van der Waals surface area contributed by atoms with Gasteiger partial charge in [0.25, 0.3) is 0 Å². The molecule has 5 nitrogen and oxygen atoms in total. The van der Waals surface area contributed by atoms with Crippen LogP contribution in [-0.2, 0) is 21.4 Å². The van der Waals surface area contributed by atoms with E-state index in [4.69, 9.17) is 9.26 Å². The SMILES string of the molecule is CCOP(=O)(SC(C)CC)N(C=Nc1cc(C(F)(F)F)cc(C(F)(F)F)c1)CCOc1ccccc1. The summed E-state index contributed by atoms with van der Waals surface area (Å²) in [6.07, 6.45) is -8.42. The van der Waals surface area contributed by atoms with Crippen molar-refractivity contribution in [3.05, 3.63) is 59.7 Å². The van der Waals surface area contributed by atoms with Gasteiger partial charge >= 0.3 is 19.1 Å². The summed E-state index contributed by atoms with van der Waals surface area (Å²) in [6.45, 7) is 1.68. The topological polar surface area (TPSA) is 51.1 Å². The van der Waals surface area contributed by atoms with E-state index in [1.807, 2.05) is 13.8 Å². The predicted molar refractivity (Wildman–Crippen MR) is 130 cm³/mol. The van der Waals surface area contributed by atoms with Gasteiger partial charge in [-0.25, -0.2) is 4.99 Å². The van der Waals surface area contributed by atoms with Crippen molar-refractivity contribution in [3.63, 3.8) is 0 Å². The molecule has 0 saturated carbocycles. The normalized spacial score (nSPS) is 15.0. The smallest absolute Gasteiger partial charge is 0.416 e. The maximum Gasteiger partial charge on any atom is 0.416 e. The molecular weight excluding hydrogens is 529 g/mol. The molecule has 0 saturated heterocycles. The van der Waals surface area contributed by atoms with Crippen molar-refractivity contribution >= 4 is 30.1 Å². The highest BCUT2D eigenvalue weighted by molar-refractivity contribution is 8.56. The van der Waals surface area contributed by atoms with Gasteiger partial charge in [-0.1, -0.05) is 32.0 Å². The van der Waals surface area contributed by atoms with Gasteiger partial charge < -0.3 is 9.26 Å². The molecule has 0 aliphatic heterocycles. The zero-order valence-corrected chi connectivity index (χ0v) is 21.6. The van der Waals surface area contributed by atoms with Crippen LogP contribution in [0.4, 0.5) is 32.0 Å². The monoisotopic (exact) mass is 556 g/mol. The maximum atomic E-state index is 13.8. The van der Waals surface area contributed by atoms with Crippen molar-refractivity contribution in [1.82, 2.24) is 4.67 Å². The number of alkyl halides is 6. The van der Waals surface area contributed by atoms with Gasteiger partial charge in [0.1, 0.15) is 12.4 Å². The molecule has 2 rings (SSSR count). The Morgan fingerprint density at radius 3 is 2.11 bits per heavy atom. The van der Waals surface area contributed by atoms with Gasteiger partial charge in [0.15, 0.2) is 0 Å². The van der Waals surface area contributed by atoms with E-state index in [0.717, 1.165) is 17.7 Å². The molecule has 0 bridgehead atoms. The zero-order chi connectivity index (χ0) is 27.0. The first-order valence-corrected chi connectivity index (χ1v) is 14.1. The number of benzene rings is 2. The Labute approximate surface area is 210 Å². The molecule has 0 spiro atoms. The Hall–Kier alpha value is -2.17. The van der Waals surface area contributed by atoms with Crippen LogP contribution in [0, 0.1) is 0 Å². The Balaban J connectivity index is 2.43. The molecule has 2 atom stereocenters. The molecule has 13 heteroatoms. The van der Waals surface area contributed by atoms with Crippen LogP contribution in [0.25, 0.3) is 0 Å². The molecule has 0 aliphatic carbocycles. The van der Waals surface area contributed by atoms with Gasteiger partial charge in [-0.3, -0.25) is 9.24 Å². The molecule has 0 N–H and O–H groups in total. The average Bonchev–Trinajstić information content (AvgIpc) is 2.80. The van der Waals surface area contributed by atoms with Gasteiger partial charge in [0.05, 0.1) is 36.3 Å². The van der Waals surface area contributed by atoms with Gasteiger partial charge in [0.2, 0.25) is 0 Å². The predicted octanol–water partition coefficient (Wildman–Crippen LogP) is 8.44. The molecule has 200 valence electrons. The number of para-hydroxylation sites is 1. The van der Waals surface area contributed by atoms with E-state index in [-0.39, 0.29) is 31.1 Å². The highest BCUT2D eigenvalue weighted by Crippen LogP contribution is 2.63. The fourth-order valence-electron chi connectivity index (χ4n) is 2.79. The van der Waals surface area contributed by atoms with Crippen molar-refractivity contribution in [2.45, 2.75) is 44.8 Å². The lowest BCUT2D eigenvalue weighted by Crippen LogP contribution is -2.25. The molecule has 0 aliphatic rings. The lowest BCUT2D eigenvalue weighted by atomic mass is 10.1. The third kappa shape index (κ3) is 9.05. The van der Waals surface area contributed by atoms with Gasteiger partial charge in [0, 0.05) is 5.25 Å². The molecule has 2 aromatic carbocycles. The van der Waals surface area contributed by atoms with Crippen molar-refractivity contribution < 1.29 is 40.2 Å². The van der Waals surface area contributed by atoms with Crippen LogP contribution in [0.5, 0.6) is 5.75 Å². The van der Waals surface area contributed by atoms with E-state index in [0.29, 0.717) is 24.3 Å². The summed E-state index contributed by atoms with van der Waals surface area (Å²) in [5.74, 6) is 0.530. The highest BCUT2D eigenvalue weighted by atomic mass is 32.7. The molecule has 0 amide bonds. The van der Waals surface area contributed by atoms with Crippen molar-refractivity contribution in [2.75, 3.05) is 19.8 Å². The number of ether oxygens (including phenoxy) is 1. The summed E-state index contributed by atoms with van der Waals surface area (Å²) in [5, 5.41) is -0.112. The minimum atomic E-state index is -5.01. The zero-order valence-electron chi connectivity index (χ0n) is 19.8. The molecule has 36 heavy (non-hydrogen) atoms. The van der Waals surface area contributed by atoms with Crippen molar-refractivity contribution in [2.24, 2.45) is 4.99 Å². The quantitative estimate of drug-likeness (QED) is 0.114. The fraction of sp³-hybridized carbons (Fsp3) is 0.435. The van der Waals surface area contributed by atoms with Crippen molar-refractivity contribution in [3.8, 4) is 5.75 Å². The molecule has 0 aromatic heterocycles. The van der Waals surface area contributed by atoms with Gasteiger partial charge in [-0.15, -0.1) is 0 Å². The fourth-order valence-corrected chi connectivity index (χ4v) is 7.60. The molecular formula is C23H27F6N2O3PS. The minimum Gasteiger partial charge on any atom is -0.492 e. The first kappa shape index (κ1) is 30.1. The van der Waals surface area contributed by atoms with E-state index in [1.165, 1.54) is 4.67 Å². The number of hydrogen-bond acceptors (Lipinski definition) is 5. The standard InChI is InChI=1S/C23H27F6N2O3PS/c1-4-17(3)36-35(32,34-5-2)31(11-12-33-21-9-7-6-8-10-21)16-30-20-14-18(22(24,25)26)13-19(15-20)23(27,28)29/h6-10,13-17H,4-5,11-12H2,1-3H3. The Bertz CT molecular complexity index is 1020. The van der Waals surface area contributed by atoms with E-state index in [1.54, 1.807) is 37.3 Å². The Morgan fingerprint density at radius 1 is 1.03 bits per heavy atom. The van der Waals surface area contributed by atoms with Crippen LogP contribution in [0.1, 0.15) is 38.3 Å². The van der Waals surface area contributed by atoms with Gasteiger partial charge in [-0.2, -0.15) is 26.3 Å². The first-order chi connectivity index (χ1) is 16.8. The van der Waals surface area contributed by atoms with Crippen LogP contribution in [0.15, 0.2) is 53.5 Å². The summed E-state index contributed by atoms with van der Waals surface area (Å²) in [7, 11) is 0. The Kier molecular flexibility index (Phi) is 10.7. The minimum absolute atomic E-state index is 0.00452. The third-order valence-corrected chi connectivity index (χ3v) is 10.0. The largest absolute Gasteiger partial charge is 0.492 e. The van der Waals surface area contributed by atoms with Crippen LogP contribution in [0.3, 0.4) is 0 Å². The van der Waals surface area contributed by atoms with Crippen LogP contribution in [-0.4, -0.2) is 36.0 Å². The molecule has 0 fully saturated rings. The summed E-state index contributed by atoms with van der Waals surface area (Å²) in [6, 6.07) is 9.73. The van der Waals surface area contributed by atoms with Gasteiger partial charge in [-0.05, 0) is 55.1 Å². The maximum absolute atomic E-state index is 13.8. The molecule has 0 radical (unpaired) electrons. The second-order valence-corrected chi connectivity index (χ2v) is 12.3. The second-order valence-electron chi connectivity index (χ2n) is 7.54. The van der Waals surface area contributed by atoms with E-state index in [2.05, 4.69) is 4.99 Å². The Morgan fingerprint density at radius 2 is 1.61 bits per heavy atom. The van der Waals surface area contributed by atoms with E-state index < -0.39 is 35.9 Å². The van der Waals surface area contributed by atoms with Crippen LogP contribution >= 0.6 is 18.1 Å². The summed E-state index contributed by atoms with van der Waals surface area (Å²) < 4.78 is 105. The van der Waals surface area contributed by atoms with Crippen LogP contribution < -0.4 is 4.74 Å². The summed E-state index contributed by atoms with van der Waals surface area (Å²) in [5.41, 5.74) is -3.58. The molecule has 2 unspecified atom stereocenters. The lowest BCUT2D eigenvalue weighted by Gasteiger charge is -2.30. The number of nitrogens with zero attached hydrogens (tertiary/aromatic N) is 2. The number of aliphatic imine (C=N–C) groups is 1. The van der Waals surface area contributed by atoms with E-state index >= 15 is 0 Å². The first-order valence-electron chi connectivity index (χ1n) is 11.0. The highest BCUT2D eigenvalue weighted by Gasteiger charge is 2.37. The number of rotatable bonds is 12. The third-order valence-electron chi connectivity index (χ3n) is 4.74. The summed E-state index contributed by atoms with van der Waals surface area (Å²) >= 11 is 1.03. The number of halogens is 6. The lowest BCUT2D eigenvalue weighted by molar-refractivity contribution is -0.143. The molecule has 0 heterocycles. The average molecular weight is 557 g/mol. The second kappa shape index (κ2) is 12.9. The molecule has 2 aromatic rings. The number of hydrogen-bond donors (Lipinski definition) is 0. The summed E-state index contributed by atoms with van der Waals surface area (Å²) in [4.78, 5) is 3.84. The van der Waals surface area contributed by atoms with Crippen molar-refractivity contribution in [1.29, 1.82) is 0 Å².